The molecule has 0 aromatic rings. The SMILES string of the molecule is CCCCCCC(CCC(=O)O)OC(=O)OCC1CCCN(CC)C1. The van der Waals surface area contributed by atoms with Crippen molar-refractivity contribution in [2.45, 2.75) is 77.7 Å². The minimum absolute atomic E-state index is 0.0137. The molecular weight excluding hydrogens is 322 g/mol. The average Bonchev–Trinajstić information content (AvgIpc) is 2.61. The van der Waals surface area contributed by atoms with Crippen LogP contribution in [0.2, 0.25) is 0 Å². The third kappa shape index (κ3) is 10.3. The fourth-order valence-electron chi connectivity index (χ4n) is 3.28. The summed E-state index contributed by atoms with van der Waals surface area (Å²) in [6.07, 6.45) is 6.56. The molecule has 2 atom stereocenters. The number of hydrogen-bond donors (Lipinski definition) is 1. The molecule has 1 heterocycles. The molecule has 1 N–H and O–H groups in total. The number of nitrogens with zero attached hydrogens (tertiary/aromatic N) is 1. The normalized spacial score (nSPS) is 19.4. The first-order valence-electron chi connectivity index (χ1n) is 9.82. The van der Waals surface area contributed by atoms with Crippen LogP contribution >= 0.6 is 0 Å². The van der Waals surface area contributed by atoms with Gasteiger partial charge >= 0.3 is 12.1 Å². The van der Waals surface area contributed by atoms with Gasteiger partial charge in [0.2, 0.25) is 0 Å². The van der Waals surface area contributed by atoms with Crippen LogP contribution in [0.25, 0.3) is 0 Å². The van der Waals surface area contributed by atoms with Crippen LogP contribution in [0.4, 0.5) is 4.79 Å². The zero-order valence-electron chi connectivity index (χ0n) is 15.9. The third-order valence-corrected chi connectivity index (χ3v) is 4.81. The summed E-state index contributed by atoms with van der Waals surface area (Å²) >= 11 is 0. The van der Waals surface area contributed by atoms with Crippen molar-refractivity contribution in [1.82, 2.24) is 4.90 Å². The van der Waals surface area contributed by atoms with E-state index in [1.165, 1.54) is 0 Å². The van der Waals surface area contributed by atoms with Gasteiger partial charge in [-0.05, 0) is 45.2 Å². The lowest BCUT2D eigenvalue weighted by Gasteiger charge is -2.31. The maximum atomic E-state index is 12.0. The largest absolute Gasteiger partial charge is 0.508 e. The van der Waals surface area contributed by atoms with Gasteiger partial charge in [0, 0.05) is 18.9 Å². The van der Waals surface area contributed by atoms with E-state index >= 15 is 0 Å². The number of likely N-dealkylation sites (tertiary alicyclic amines) is 1. The molecule has 0 amide bonds. The summed E-state index contributed by atoms with van der Waals surface area (Å²) in [6.45, 7) is 7.77. The van der Waals surface area contributed by atoms with Crippen LogP contribution in [-0.4, -0.2) is 54.5 Å². The highest BCUT2D eigenvalue weighted by Gasteiger charge is 2.22. The van der Waals surface area contributed by atoms with Crippen LogP contribution in [0.5, 0.6) is 0 Å². The van der Waals surface area contributed by atoms with Crippen LogP contribution in [0.15, 0.2) is 0 Å². The van der Waals surface area contributed by atoms with Gasteiger partial charge in [-0.15, -0.1) is 0 Å². The molecule has 0 bridgehead atoms. The summed E-state index contributed by atoms with van der Waals surface area (Å²) in [4.78, 5) is 25.1. The third-order valence-electron chi connectivity index (χ3n) is 4.81. The van der Waals surface area contributed by atoms with E-state index in [0.29, 0.717) is 25.4 Å². The molecule has 0 aromatic carbocycles. The molecule has 146 valence electrons. The molecule has 1 aliphatic rings. The molecule has 2 unspecified atom stereocenters. The van der Waals surface area contributed by atoms with E-state index in [2.05, 4.69) is 18.7 Å². The van der Waals surface area contributed by atoms with Crippen molar-refractivity contribution in [3.05, 3.63) is 0 Å². The summed E-state index contributed by atoms with van der Waals surface area (Å²) in [5.74, 6) is -0.499. The van der Waals surface area contributed by atoms with E-state index in [-0.39, 0.29) is 12.5 Å². The fraction of sp³-hybridized carbons (Fsp3) is 0.895. The molecule has 25 heavy (non-hydrogen) atoms. The Balaban J connectivity index is 2.32. The molecule has 0 radical (unpaired) electrons. The Kier molecular flexibility index (Phi) is 11.3. The van der Waals surface area contributed by atoms with Crippen LogP contribution in [0.3, 0.4) is 0 Å². The minimum Gasteiger partial charge on any atom is -0.481 e. The second-order valence-electron chi connectivity index (χ2n) is 6.98. The van der Waals surface area contributed by atoms with Crippen LogP contribution < -0.4 is 0 Å². The maximum Gasteiger partial charge on any atom is 0.508 e. The molecule has 1 saturated heterocycles. The average molecular weight is 357 g/mol. The van der Waals surface area contributed by atoms with E-state index < -0.39 is 12.1 Å². The number of ether oxygens (including phenoxy) is 2. The first-order chi connectivity index (χ1) is 12.0. The van der Waals surface area contributed by atoms with Gasteiger partial charge in [0.25, 0.3) is 0 Å². The molecule has 0 saturated carbocycles. The zero-order valence-corrected chi connectivity index (χ0v) is 15.9. The summed E-state index contributed by atoms with van der Waals surface area (Å²) in [5.41, 5.74) is 0. The van der Waals surface area contributed by atoms with Gasteiger partial charge in [-0.1, -0.05) is 33.1 Å². The predicted molar refractivity (Wildman–Crippen MR) is 96.7 cm³/mol. The van der Waals surface area contributed by atoms with Crippen LogP contribution in [0, 0.1) is 5.92 Å². The number of carbonyl (C=O) groups is 2. The van der Waals surface area contributed by atoms with Gasteiger partial charge in [0.05, 0.1) is 6.61 Å². The lowest BCUT2D eigenvalue weighted by Crippen LogP contribution is -2.37. The molecule has 1 rings (SSSR count). The lowest BCUT2D eigenvalue weighted by atomic mass is 9.99. The number of rotatable bonds is 12. The number of carboxylic acids is 1. The topological polar surface area (TPSA) is 76.1 Å². The first-order valence-corrected chi connectivity index (χ1v) is 9.82. The standard InChI is InChI=1S/C19H35NO5/c1-3-5-6-7-10-17(11-12-18(21)22)25-19(23)24-15-16-9-8-13-20(4-2)14-16/h16-17H,3-15H2,1-2H3,(H,21,22). The fourth-order valence-corrected chi connectivity index (χ4v) is 3.28. The van der Waals surface area contributed by atoms with Crippen molar-refractivity contribution < 1.29 is 24.2 Å². The van der Waals surface area contributed by atoms with Crippen molar-refractivity contribution >= 4 is 12.1 Å². The number of carboxylic acid groups (broad SMARTS) is 1. The number of hydrogen-bond acceptors (Lipinski definition) is 5. The van der Waals surface area contributed by atoms with Gasteiger partial charge < -0.3 is 19.5 Å². The highest BCUT2D eigenvalue weighted by Crippen LogP contribution is 2.18. The van der Waals surface area contributed by atoms with Gasteiger partial charge in [-0.25, -0.2) is 4.79 Å². The number of carbonyl (C=O) groups excluding carboxylic acids is 1. The second-order valence-corrected chi connectivity index (χ2v) is 6.98. The second kappa shape index (κ2) is 13.0. The Bertz CT molecular complexity index is 388. The van der Waals surface area contributed by atoms with Crippen molar-refractivity contribution in [2.75, 3.05) is 26.2 Å². The van der Waals surface area contributed by atoms with Crippen molar-refractivity contribution in [3.8, 4) is 0 Å². The molecule has 0 aromatic heterocycles. The van der Waals surface area contributed by atoms with Gasteiger partial charge in [0.15, 0.2) is 0 Å². The number of piperidine rings is 1. The molecule has 1 aliphatic heterocycles. The summed E-state index contributed by atoms with van der Waals surface area (Å²) in [6, 6.07) is 0. The number of unbranched alkanes of at least 4 members (excludes halogenated alkanes) is 3. The maximum absolute atomic E-state index is 12.0. The predicted octanol–water partition coefficient (Wildman–Crippen LogP) is 4.08. The summed E-state index contributed by atoms with van der Waals surface area (Å²) in [7, 11) is 0. The summed E-state index contributed by atoms with van der Waals surface area (Å²) in [5, 5.41) is 8.85. The van der Waals surface area contributed by atoms with E-state index in [1.807, 2.05) is 0 Å². The van der Waals surface area contributed by atoms with Gasteiger partial charge in [-0.3, -0.25) is 4.79 Å². The van der Waals surface area contributed by atoms with E-state index in [0.717, 1.165) is 58.2 Å². The Morgan fingerprint density at radius 3 is 2.68 bits per heavy atom. The molecule has 0 aliphatic carbocycles. The molecule has 0 spiro atoms. The van der Waals surface area contributed by atoms with Crippen molar-refractivity contribution in [1.29, 1.82) is 0 Å². The Morgan fingerprint density at radius 1 is 1.20 bits per heavy atom. The van der Waals surface area contributed by atoms with Crippen molar-refractivity contribution in [3.63, 3.8) is 0 Å². The van der Waals surface area contributed by atoms with Gasteiger partial charge in [-0.2, -0.15) is 0 Å². The molecule has 1 fully saturated rings. The Labute approximate surface area is 151 Å². The van der Waals surface area contributed by atoms with Crippen molar-refractivity contribution in [2.24, 2.45) is 5.92 Å². The summed E-state index contributed by atoms with van der Waals surface area (Å²) < 4.78 is 10.7. The quantitative estimate of drug-likeness (QED) is 0.419. The molecule has 6 heteroatoms. The Morgan fingerprint density at radius 2 is 2.00 bits per heavy atom. The number of aliphatic carboxylic acids is 1. The van der Waals surface area contributed by atoms with Crippen LogP contribution in [-0.2, 0) is 14.3 Å². The van der Waals surface area contributed by atoms with E-state index in [9.17, 15) is 9.59 Å². The van der Waals surface area contributed by atoms with E-state index in [4.69, 9.17) is 14.6 Å². The molecule has 6 nitrogen and oxygen atoms in total. The highest BCUT2D eigenvalue weighted by molar-refractivity contribution is 5.66. The zero-order chi connectivity index (χ0) is 18.5. The minimum atomic E-state index is -0.864. The van der Waals surface area contributed by atoms with Crippen LogP contribution in [0.1, 0.15) is 71.6 Å². The van der Waals surface area contributed by atoms with E-state index in [1.54, 1.807) is 0 Å². The highest BCUT2D eigenvalue weighted by atomic mass is 16.7. The van der Waals surface area contributed by atoms with Gasteiger partial charge in [0.1, 0.15) is 6.10 Å². The smallest absolute Gasteiger partial charge is 0.481 e. The lowest BCUT2D eigenvalue weighted by molar-refractivity contribution is -0.137. The molecular formula is C19H35NO5. The monoisotopic (exact) mass is 357 g/mol. The Hall–Kier alpha value is -1.30. The first kappa shape index (κ1) is 21.7.